The molecule has 0 unspecified atom stereocenters. The molecule has 1 rings (SSSR count). The van der Waals surface area contributed by atoms with Crippen molar-refractivity contribution in [3.63, 3.8) is 0 Å². The van der Waals surface area contributed by atoms with E-state index in [-0.39, 0.29) is 24.5 Å². The highest BCUT2D eigenvalue weighted by molar-refractivity contribution is 5.81. The van der Waals surface area contributed by atoms with Crippen LogP contribution in [0.5, 0.6) is 5.75 Å². The van der Waals surface area contributed by atoms with Crippen molar-refractivity contribution in [2.24, 2.45) is 0 Å². The zero-order valence-corrected chi connectivity index (χ0v) is 10.2. The minimum atomic E-state index is -0.994. The first-order valence-corrected chi connectivity index (χ1v) is 5.78. The molecule has 0 saturated carbocycles. The van der Waals surface area contributed by atoms with Gasteiger partial charge in [0.15, 0.2) is 0 Å². The number of ketones is 1. The van der Waals surface area contributed by atoms with Gasteiger partial charge in [-0.1, -0.05) is 19.1 Å². The van der Waals surface area contributed by atoms with Crippen molar-refractivity contribution in [3.8, 4) is 5.75 Å². The van der Waals surface area contributed by atoms with Gasteiger partial charge in [0.2, 0.25) is 0 Å². The van der Waals surface area contributed by atoms with Gasteiger partial charge in [-0.05, 0) is 24.1 Å². The third kappa shape index (κ3) is 4.55. The summed E-state index contributed by atoms with van der Waals surface area (Å²) in [7, 11) is 0. The van der Waals surface area contributed by atoms with E-state index >= 15 is 0 Å². The van der Waals surface area contributed by atoms with Crippen LogP contribution < -0.4 is 5.32 Å². The number of hydrogen-bond donors (Lipinski definition) is 3. The van der Waals surface area contributed by atoms with Crippen molar-refractivity contribution in [2.75, 3.05) is 6.54 Å². The van der Waals surface area contributed by atoms with Crippen molar-refractivity contribution < 1.29 is 19.8 Å². The maximum atomic E-state index is 11.1. The fourth-order valence-electron chi connectivity index (χ4n) is 1.48. The molecule has 1 aromatic carbocycles. The number of carboxylic acids is 1. The van der Waals surface area contributed by atoms with Crippen LogP contribution in [0.25, 0.3) is 0 Å². The minimum absolute atomic E-state index is 0.0213. The maximum Gasteiger partial charge on any atom is 0.321 e. The predicted molar refractivity (Wildman–Crippen MR) is 66.5 cm³/mol. The van der Waals surface area contributed by atoms with Crippen LogP contribution in [0.2, 0.25) is 0 Å². The number of nitrogens with one attached hydrogen (secondary N) is 1. The highest BCUT2D eigenvalue weighted by Gasteiger charge is 2.18. The highest BCUT2D eigenvalue weighted by Crippen LogP contribution is 2.11. The van der Waals surface area contributed by atoms with E-state index in [2.05, 4.69) is 5.32 Å². The number of carbonyl (C=O) groups is 2. The summed E-state index contributed by atoms with van der Waals surface area (Å²) in [6, 6.07) is 5.53. The molecule has 3 N–H and O–H groups in total. The van der Waals surface area contributed by atoms with E-state index in [1.165, 1.54) is 12.1 Å². The number of carboxylic acid groups (broad SMARTS) is 1. The van der Waals surface area contributed by atoms with Crippen LogP contribution in [0.1, 0.15) is 18.9 Å². The third-order valence-electron chi connectivity index (χ3n) is 2.61. The Bertz CT molecular complexity index is 414. The molecule has 0 aliphatic carbocycles. The van der Waals surface area contributed by atoms with Crippen molar-refractivity contribution in [2.45, 2.75) is 25.8 Å². The Morgan fingerprint density at radius 3 is 2.39 bits per heavy atom. The zero-order valence-electron chi connectivity index (χ0n) is 10.2. The lowest BCUT2D eigenvalue weighted by Gasteiger charge is -2.13. The molecule has 0 amide bonds. The molecule has 1 atom stereocenters. The van der Waals surface area contributed by atoms with E-state index in [4.69, 9.17) is 10.2 Å². The quantitative estimate of drug-likeness (QED) is 0.672. The lowest BCUT2D eigenvalue weighted by Crippen LogP contribution is -2.41. The van der Waals surface area contributed by atoms with Gasteiger partial charge in [0.05, 0.1) is 6.54 Å². The average molecular weight is 251 g/mol. The lowest BCUT2D eigenvalue weighted by atomic mass is 10.1. The Balaban J connectivity index is 2.60. The topological polar surface area (TPSA) is 86.6 Å². The second-order valence-corrected chi connectivity index (χ2v) is 4.03. The van der Waals surface area contributed by atoms with E-state index in [0.717, 1.165) is 5.56 Å². The molecule has 5 nitrogen and oxygen atoms in total. The van der Waals surface area contributed by atoms with Crippen LogP contribution >= 0.6 is 0 Å². The molecule has 0 radical (unpaired) electrons. The summed E-state index contributed by atoms with van der Waals surface area (Å²) < 4.78 is 0. The minimum Gasteiger partial charge on any atom is -0.508 e. The van der Waals surface area contributed by atoms with Gasteiger partial charge >= 0.3 is 5.97 Å². The SMILES string of the molecule is CCC(=O)CN[C@@H](Cc1ccc(O)cc1)C(=O)O. The molecule has 98 valence electrons. The first kappa shape index (κ1) is 14.2. The summed E-state index contributed by atoms with van der Waals surface area (Å²) in [5.41, 5.74) is 0.789. The molecule has 0 aliphatic heterocycles. The number of carbonyl (C=O) groups excluding carboxylic acids is 1. The number of hydrogen-bond acceptors (Lipinski definition) is 4. The first-order chi connectivity index (χ1) is 8.52. The van der Waals surface area contributed by atoms with Gasteiger partial charge in [-0.25, -0.2) is 0 Å². The molecular formula is C13H17NO4. The van der Waals surface area contributed by atoms with E-state index < -0.39 is 12.0 Å². The van der Waals surface area contributed by atoms with Crippen molar-refractivity contribution in [1.82, 2.24) is 5.32 Å². The predicted octanol–water partition coefficient (Wildman–Crippen LogP) is 0.957. The van der Waals surface area contributed by atoms with Crippen molar-refractivity contribution in [1.29, 1.82) is 0 Å². The summed E-state index contributed by atoms with van der Waals surface area (Å²) in [6.45, 7) is 1.80. The summed E-state index contributed by atoms with van der Waals surface area (Å²) in [5, 5.41) is 20.9. The van der Waals surface area contributed by atoms with Gasteiger partial charge in [0.1, 0.15) is 17.6 Å². The standard InChI is InChI=1S/C13H17NO4/c1-2-10(15)8-14-12(13(17)18)7-9-3-5-11(16)6-4-9/h3-6,12,14,16H,2,7-8H2,1H3,(H,17,18)/t12-/m0/s1. The Morgan fingerprint density at radius 2 is 1.89 bits per heavy atom. The largest absolute Gasteiger partial charge is 0.508 e. The van der Waals surface area contributed by atoms with Crippen molar-refractivity contribution >= 4 is 11.8 Å². The van der Waals surface area contributed by atoms with Gasteiger partial charge in [-0.3, -0.25) is 14.9 Å². The Hall–Kier alpha value is -1.88. The number of phenolic OH excluding ortho intramolecular Hbond substituents is 1. The molecule has 0 heterocycles. The Kier molecular flexibility index (Phi) is 5.32. The van der Waals surface area contributed by atoms with E-state index in [0.29, 0.717) is 6.42 Å². The van der Waals surface area contributed by atoms with Crippen LogP contribution in [0.15, 0.2) is 24.3 Å². The van der Waals surface area contributed by atoms with Gasteiger partial charge < -0.3 is 10.2 Å². The summed E-state index contributed by atoms with van der Waals surface area (Å²) >= 11 is 0. The molecule has 0 aliphatic rings. The van der Waals surface area contributed by atoms with Crippen molar-refractivity contribution in [3.05, 3.63) is 29.8 Å². The second-order valence-electron chi connectivity index (χ2n) is 4.03. The Labute approximate surface area is 105 Å². The van der Waals surface area contributed by atoms with E-state index in [9.17, 15) is 9.59 Å². The third-order valence-corrected chi connectivity index (χ3v) is 2.61. The molecule has 0 bridgehead atoms. The number of aromatic hydroxyl groups is 1. The van der Waals surface area contributed by atoms with Gasteiger partial charge in [-0.2, -0.15) is 0 Å². The van der Waals surface area contributed by atoms with E-state index in [1.807, 2.05) is 0 Å². The second kappa shape index (κ2) is 6.76. The van der Waals surface area contributed by atoms with Crippen LogP contribution in [0.4, 0.5) is 0 Å². The zero-order chi connectivity index (χ0) is 13.5. The molecule has 0 fully saturated rings. The lowest BCUT2D eigenvalue weighted by molar-refractivity contribution is -0.139. The van der Waals surface area contributed by atoms with E-state index in [1.54, 1.807) is 19.1 Å². The molecule has 1 aromatic rings. The first-order valence-electron chi connectivity index (χ1n) is 5.78. The molecule has 0 aromatic heterocycles. The fraction of sp³-hybridized carbons (Fsp3) is 0.385. The average Bonchev–Trinajstić information content (AvgIpc) is 2.35. The van der Waals surface area contributed by atoms with Gasteiger partial charge in [-0.15, -0.1) is 0 Å². The van der Waals surface area contributed by atoms with Gasteiger partial charge in [0, 0.05) is 6.42 Å². The molecule has 5 heteroatoms. The number of aliphatic carboxylic acids is 1. The Morgan fingerprint density at radius 1 is 1.28 bits per heavy atom. The molecular weight excluding hydrogens is 234 g/mol. The monoisotopic (exact) mass is 251 g/mol. The summed E-state index contributed by atoms with van der Waals surface area (Å²) in [5.74, 6) is -0.876. The van der Waals surface area contributed by atoms with Crippen LogP contribution in [-0.2, 0) is 16.0 Å². The number of rotatable bonds is 7. The van der Waals surface area contributed by atoms with Gasteiger partial charge in [0.25, 0.3) is 0 Å². The smallest absolute Gasteiger partial charge is 0.321 e. The maximum absolute atomic E-state index is 11.1. The summed E-state index contributed by atoms with van der Waals surface area (Å²) in [4.78, 5) is 22.2. The number of phenols is 1. The normalized spacial score (nSPS) is 12.1. The van der Waals surface area contributed by atoms with Crippen LogP contribution in [-0.4, -0.2) is 34.6 Å². The van der Waals surface area contributed by atoms with Crippen LogP contribution in [0, 0.1) is 0 Å². The number of benzene rings is 1. The highest BCUT2D eigenvalue weighted by atomic mass is 16.4. The molecule has 0 saturated heterocycles. The molecule has 0 spiro atoms. The summed E-state index contributed by atoms with van der Waals surface area (Å²) in [6.07, 6.45) is 0.658. The van der Waals surface area contributed by atoms with Crippen LogP contribution in [0.3, 0.4) is 0 Å². The number of Topliss-reactive ketones (excluding diaryl/α,β-unsaturated/α-hetero) is 1. The molecule has 18 heavy (non-hydrogen) atoms. The fourth-order valence-corrected chi connectivity index (χ4v) is 1.48.